The van der Waals surface area contributed by atoms with Gasteiger partial charge in [-0.2, -0.15) is 0 Å². The first kappa shape index (κ1) is 20.1. The van der Waals surface area contributed by atoms with E-state index in [-0.39, 0.29) is 18.1 Å². The summed E-state index contributed by atoms with van der Waals surface area (Å²) in [6.45, 7) is 5.54. The Balaban J connectivity index is 1.68. The number of aromatic nitrogens is 3. The normalized spacial score (nSPS) is 10.5. The Bertz CT molecular complexity index is 1020. The minimum Gasteiger partial charge on any atom is -0.497 e. The minimum absolute atomic E-state index is 0.0393. The molecule has 150 valence electrons. The van der Waals surface area contributed by atoms with Gasteiger partial charge in [-0.25, -0.2) is 4.68 Å². The molecule has 0 aliphatic heterocycles. The number of hydrogen-bond acceptors (Lipinski definition) is 5. The molecule has 0 radical (unpaired) electrons. The summed E-state index contributed by atoms with van der Waals surface area (Å²) in [5.74, 6) is 0.0617. The van der Waals surface area contributed by atoms with Crippen LogP contribution in [0.3, 0.4) is 0 Å². The van der Waals surface area contributed by atoms with Crippen molar-refractivity contribution < 1.29 is 14.3 Å². The third-order valence-electron chi connectivity index (χ3n) is 4.58. The lowest BCUT2D eigenvalue weighted by Crippen LogP contribution is -2.21. The predicted molar refractivity (Wildman–Crippen MR) is 110 cm³/mol. The number of methoxy groups -OCH3 is 1. The number of ether oxygens (including phenoxy) is 1. The van der Waals surface area contributed by atoms with E-state index in [2.05, 4.69) is 20.9 Å². The fourth-order valence-corrected chi connectivity index (χ4v) is 2.91. The van der Waals surface area contributed by atoms with Gasteiger partial charge >= 0.3 is 0 Å². The molecule has 0 aliphatic rings. The fourth-order valence-electron chi connectivity index (χ4n) is 2.91. The largest absolute Gasteiger partial charge is 0.497 e. The third-order valence-corrected chi connectivity index (χ3v) is 4.58. The summed E-state index contributed by atoms with van der Waals surface area (Å²) >= 11 is 0. The van der Waals surface area contributed by atoms with E-state index in [1.807, 2.05) is 32.0 Å². The molecule has 8 heteroatoms. The molecule has 0 unspecified atom stereocenters. The Morgan fingerprint density at radius 1 is 1.00 bits per heavy atom. The van der Waals surface area contributed by atoms with Gasteiger partial charge in [0.25, 0.3) is 5.91 Å². The van der Waals surface area contributed by atoms with Gasteiger partial charge in [-0.15, -0.1) is 5.10 Å². The number of nitrogens with one attached hydrogen (secondary N) is 2. The number of anilines is 2. The zero-order valence-electron chi connectivity index (χ0n) is 16.8. The average molecular weight is 393 g/mol. The lowest BCUT2D eigenvalue weighted by atomic mass is 10.1. The van der Waals surface area contributed by atoms with Gasteiger partial charge in [0, 0.05) is 11.4 Å². The summed E-state index contributed by atoms with van der Waals surface area (Å²) in [6.07, 6.45) is 0. The molecule has 0 saturated carbocycles. The van der Waals surface area contributed by atoms with Crippen molar-refractivity contribution in [2.24, 2.45) is 0 Å². The molecule has 0 atom stereocenters. The monoisotopic (exact) mass is 393 g/mol. The Hall–Kier alpha value is -3.68. The van der Waals surface area contributed by atoms with Crippen molar-refractivity contribution in [3.63, 3.8) is 0 Å². The van der Waals surface area contributed by atoms with Gasteiger partial charge in [0.2, 0.25) is 5.91 Å². The number of nitrogens with zero attached hydrogens (tertiary/aromatic N) is 3. The van der Waals surface area contributed by atoms with E-state index in [0.717, 1.165) is 16.8 Å². The van der Waals surface area contributed by atoms with Crippen molar-refractivity contribution in [2.75, 3.05) is 17.7 Å². The van der Waals surface area contributed by atoms with E-state index < -0.39 is 5.91 Å². The highest BCUT2D eigenvalue weighted by Crippen LogP contribution is 2.20. The summed E-state index contributed by atoms with van der Waals surface area (Å²) in [6, 6.07) is 12.8. The van der Waals surface area contributed by atoms with Crippen LogP contribution in [0, 0.1) is 20.8 Å². The summed E-state index contributed by atoms with van der Waals surface area (Å²) in [5, 5.41) is 13.6. The van der Waals surface area contributed by atoms with E-state index >= 15 is 0 Å². The maximum atomic E-state index is 12.5. The minimum atomic E-state index is -0.394. The second kappa shape index (κ2) is 8.55. The Kier molecular flexibility index (Phi) is 5.92. The molecular formula is C21H23N5O3. The molecule has 0 saturated heterocycles. The molecular weight excluding hydrogens is 370 g/mol. The number of carbonyl (C=O) groups excluding carboxylic acids is 2. The van der Waals surface area contributed by atoms with Crippen molar-refractivity contribution in [1.29, 1.82) is 0 Å². The molecule has 0 aliphatic carbocycles. The Morgan fingerprint density at radius 2 is 1.66 bits per heavy atom. The average Bonchev–Trinajstić information content (AvgIpc) is 3.06. The van der Waals surface area contributed by atoms with E-state index in [0.29, 0.717) is 17.1 Å². The van der Waals surface area contributed by atoms with Crippen LogP contribution >= 0.6 is 0 Å². The highest BCUT2D eigenvalue weighted by Gasteiger charge is 2.18. The van der Waals surface area contributed by atoms with Crippen molar-refractivity contribution in [3.05, 3.63) is 65.0 Å². The Labute approximate surface area is 168 Å². The van der Waals surface area contributed by atoms with Gasteiger partial charge in [0.05, 0.1) is 12.8 Å². The number of benzene rings is 2. The van der Waals surface area contributed by atoms with Crippen LogP contribution in [-0.2, 0) is 11.3 Å². The van der Waals surface area contributed by atoms with E-state index in [1.165, 1.54) is 4.68 Å². The molecule has 1 heterocycles. The first-order valence-electron chi connectivity index (χ1n) is 9.10. The highest BCUT2D eigenvalue weighted by molar-refractivity contribution is 6.03. The SMILES string of the molecule is COc1ccc(NC(=O)c2nnn(CC(=O)Nc3c(C)cccc3C)c2C)cc1. The van der Waals surface area contributed by atoms with Gasteiger partial charge in [-0.05, 0) is 56.2 Å². The van der Waals surface area contributed by atoms with Crippen molar-refractivity contribution in [3.8, 4) is 5.75 Å². The van der Waals surface area contributed by atoms with Crippen LogP contribution in [-0.4, -0.2) is 33.9 Å². The van der Waals surface area contributed by atoms with Crippen LogP contribution < -0.4 is 15.4 Å². The number of hydrogen-bond donors (Lipinski definition) is 2. The van der Waals surface area contributed by atoms with Crippen LogP contribution in [0.4, 0.5) is 11.4 Å². The standard InChI is InChI=1S/C21H23N5O3/c1-13-6-5-7-14(2)19(13)23-18(27)12-26-15(3)20(24-25-26)21(28)22-16-8-10-17(29-4)11-9-16/h5-11H,12H2,1-4H3,(H,22,28)(H,23,27). The van der Waals surface area contributed by atoms with Crippen molar-refractivity contribution >= 4 is 23.2 Å². The van der Waals surface area contributed by atoms with E-state index in [4.69, 9.17) is 4.74 Å². The molecule has 8 nitrogen and oxygen atoms in total. The quantitative estimate of drug-likeness (QED) is 0.671. The third kappa shape index (κ3) is 4.60. The number of aryl methyl sites for hydroxylation is 2. The van der Waals surface area contributed by atoms with Gasteiger partial charge in [-0.3, -0.25) is 9.59 Å². The van der Waals surface area contributed by atoms with Gasteiger partial charge in [0.15, 0.2) is 5.69 Å². The number of rotatable bonds is 6. The van der Waals surface area contributed by atoms with Crippen LogP contribution in [0.25, 0.3) is 0 Å². The maximum absolute atomic E-state index is 12.5. The summed E-state index contributed by atoms with van der Waals surface area (Å²) in [4.78, 5) is 25.0. The number of amides is 2. The Morgan fingerprint density at radius 3 is 2.28 bits per heavy atom. The molecule has 2 amide bonds. The molecule has 29 heavy (non-hydrogen) atoms. The zero-order chi connectivity index (χ0) is 21.0. The smallest absolute Gasteiger partial charge is 0.278 e. The van der Waals surface area contributed by atoms with Crippen molar-refractivity contribution in [2.45, 2.75) is 27.3 Å². The second-order valence-corrected chi connectivity index (χ2v) is 6.68. The topological polar surface area (TPSA) is 98.1 Å². The van der Waals surface area contributed by atoms with Gasteiger partial charge in [0.1, 0.15) is 12.3 Å². The number of carbonyl (C=O) groups is 2. The van der Waals surface area contributed by atoms with Crippen molar-refractivity contribution in [1.82, 2.24) is 15.0 Å². The molecule has 2 aromatic carbocycles. The zero-order valence-corrected chi connectivity index (χ0v) is 16.8. The van der Waals surface area contributed by atoms with Crippen LogP contribution in [0.2, 0.25) is 0 Å². The first-order valence-corrected chi connectivity index (χ1v) is 9.10. The van der Waals surface area contributed by atoms with Crippen LogP contribution in [0.15, 0.2) is 42.5 Å². The van der Waals surface area contributed by atoms with Gasteiger partial charge < -0.3 is 15.4 Å². The van der Waals surface area contributed by atoms with E-state index in [1.54, 1.807) is 38.3 Å². The predicted octanol–water partition coefficient (Wildman–Crippen LogP) is 3.10. The second-order valence-electron chi connectivity index (χ2n) is 6.68. The summed E-state index contributed by atoms with van der Waals surface area (Å²) in [5.41, 5.74) is 4.03. The van der Waals surface area contributed by atoms with Gasteiger partial charge in [-0.1, -0.05) is 23.4 Å². The van der Waals surface area contributed by atoms with Crippen LogP contribution in [0.5, 0.6) is 5.75 Å². The van der Waals surface area contributed by atoms with Crippen LogP contribution in [0.1, 0.15) is 27.3 Å². The first-order chi connectivity index (χ1) is 13.9. The molecule has 1 aromatic heterocycles. The highest BCUT2D eigenvalue weighted by atomic mass is 16.5. The molecule has 0 bridgehead atoms. The molecule has 3 aromatic rings. The summed E-state index contributed by atoms with van der Waals surface area (Å²) in [7, 11) is 1.58. The van der Waals surface area contributed by atoms with E-state index in [9.17, 15) is 9.59 Å². The molecule has 2 N–H and O–H groups in total. The molecule has 3 rings (SSSR count). The maximum Gasteiger partial charge on any atom is 0.278 e. The molecule has 0 spiro atoms. The molecule has 0 fully saturated rings. The fraction of sp³-hybridized carbons (Fsp3) is 0.238. The lowest BCUT2D eigenvalue weighted by Gasteiger charge is -2.11. The lowest BCUT2D eigenvalue weighted by molar-refractivity contribution is -0.117. The number of para-hydroxylation sites is 1. The summed E-state index contributed by atoms with van der Waals surface area (Å²) < 4.78 is 6.51.